The zero-order valence-electron chi connectivity index (χ0n) is 16.6. The molecule has 2 fully saturated rings. The van der Waals surface area contributed by atoms with Crippen LogP contribution in [0.15, 0.2) is 18.2 Å². The minimum atomic E-state index is -0.918. The van der Waals surface area contributed by atoms with Gasteiger partial charge in [0, 0.05) is 19.5 Å². The van der Waals surface area contributed by atoms with Crippen molar-refractivity contribution in [2.45, 2.75) is 37.6 Å². The van der Waals surface area contributed by atoms with E-state index in [1.807, 2.05) is 19.2 Å². The Bertz CT molecular complexity index is 860. The summed E-state index contributed by atoms with van der Waals surface area (Å²) in [6.45, 7) is 4.02. The molecule has 1 unspecified atom stereocenters. The molecule has 4 rings (SSSR count). The van der Waals surface area contributed by atoms with Crippen molar-refractivity contribution in [3.63, 3.8) is 0 Å². The number of benzene rings is 1. The van der Waals surface area contributed by atoms with Crippen molar-refractivity contribution in [2.75, 3.05) is 33.2 Å². The molecule has 0 aromatic heterocycles. The molecule has 0 bridgehead atoms. The molecule has 4 amide bonds. The fraction of sp³-hybridized carbons (Fsp3) is 0.524. The summed E-state index contributed by atoms with van der Waals surface area (Å²) in [6, 6.07) is 4.56. The lowest BCUT2D eigenvalue weighted by Crippen LogP contribution is -2.54. The van der Waals surface area contributed by atoms with E-state index < -0.39 is 23.8 Å². The molecule has 0 spiro atoms. The highest BCUT2D eigenvalue weighted by Gasteiger charge is 2.44. The summed E-state index contributed by atoms with van der Waals surface area (Å²) in [5.74, 6) is -1.48. The van der Waals surface area contributed by atoms with Crippen LogP contribution >= 0.6 is 0 Å². The van der Waals surface area contributed by atoms with Crippen molar-refractivity contribution in [2.24, 2.45) is 0 Å². The summed E-state index contributed by atoms with van der Waals surface area (Å²) >= 11 is 0. The van der Waals surface area contributed by atoms with Crippen molar-refractivity contribution >= 4 is 23.6 Å². The highest BCUT2D eigenvalue weighted by Crippen LogP contribution is 2.33. The van der Waals surface area contributed by atoms with E-state index in [1.165, 1.54) is 0 Å². The smallest absolute Gasteiger partial charge is 0.262 e. The van der Waals surface area contributed by atoms with Crippen molar-refractivity contribution in [1.82, 2.24) is 20.4 Å². The molecule has 1 atom stereocenters. The van der Waals surface area contributed by atoms with Gasteiger partial charge < -0.3 is 10.2 Å². The SMILES string of the molecule is CNCCN1CCC(c2ccc3c(c2)C(=O)N(C2CCC(=O)NC2=O)C3=O)CC1. The van der Waals surface area contributed by atoms with E-state index in [9.17, 15) is 19.2 Å². The number of nitrogens with one attached hydrogen (secondary N) is 2. The van der Waals surface area contributed by atoms with Crippen LogP contribution in [0.25, 0.3) is 0 Å². The van der Waals surface area contributed by atoms with Crippen molar-refractivity contribution in [3.8, 4) is 0 Å². The van der Waals surface area contributed by atoms with Gasteiger partial charge in [0.1, 0.15) is 6.04 Å². The summed E-state index contributed by atoms with van der Waals surface area (Å²) in [5.41, 5.74) is 1.79. The standard InChI is InChI=1S/C21H26N4O4/c1-22-8-11-24-9-6-13(7-10-24)14-2-3-15-16(12-14)21(29)25(20(15)28)17-4-5-18(26)23-19(17)27/h2-3,12-13,17,22H,4-11H2,1H3,(H,23,26,27). The first-order chi connectivity index (χ1) is 14.0. The molecule has 154 valence electrons. The zero-order chi connectivity index (χ0) is 20.5. The third-order valence-electron chi connectivity index (χ3n) is 6.20. The van der Waals surface area contributed by atoms with E-state index in [2.05, 4.69) is 15.5 Å². The molecule has 3 aliphatic heterocycles. The van der Waals surface area contributed by atoms with Gasteiger partial charge in [0.2, 0.25) is 11.8 Å². The largest absolute Gasteiger partial charge is 0.318 e. The van der Waals surface area contributed by atoms with Gasteiger partial charge in [0.05, 0.1) is 11.1 Å². The van der Waals surface area contributed by atoms with Gasteiger partial charge in [-0.15, -0.1) is 0 Å². The molecular weight excluding hydrogens is 372 g/mol. The van der Waals surface area contributed by atoms with Gasteiger partial charge in [0.15, 0.2) is 0 Å². The zero-order valence-corrected chi connectivity index (χ0v) is 16.6. The second-order valence-corrected chi connectivity index (χ2v) is 7.97. The molecule has 1 aromatic rings. The highest BCUT2D eigenvalue weighted by atomic mass is 16.2. The number of rotatable bonds is 5. The number of amides is 4. The maximum atomic E-state index is 13.0. The molecule has 3 aliphatic rings. The fourth-order valence-electron chi connectivity index (χ4n) is 4.50. The minimum Gasteiger partial charge on any atom is -0.318 e. The Hall–Kier alpha value is -2.58. The highest BCUT2D eigenvalue weighted by molar-refractivity contribution is 6.23. The predicted octanol–water partition coefficient (Wildman–Crippen LogP) is 0.487. The molecule has 2 N–H and O–H groups in total. The minimum absolute atomic E-state index is 0.126. The van der Waals surface area contributed by atoms with Crippen LogP contribution in [0.3, 0.4) is 0 Å². The second kappa shape index (κ2) is 8.04. The fourth-order valence-corrected chi connectivity index (χ4v) is 4.50. The summed E-state index contributed by atoms with van der Waals surface area (Å²) in [5, 5.41) is 5.39. The number of imide groups is 2. The Balaban J connectivity index is 1.49. The van der Waals surface area contributed by atoms with Crippen molar-refractivity contribution in [1.29, 1.82) is 0 Å². The predicted molar refractivity (Wildman–Crippen MR) is 105 cm³/mol. The topological polar surface area (TPSA) is 98.8 Å². The third kappa shape index (κ3) is 3.70. The van der Waals surface area contributed by atoms with Crippen molar-refractivity contribution < 1.29 is 19.2 Å². The Morgan fingerprint density at radius 3 is 2.45 bits per heavy atom. The summed E-state index contributed by atoms with van der Waals surface area (Å²) in [6.07, 6.45) is 2.33. The number of carbonyl (C=O) groups is 4. The van der Waals surface area contributed by atoms with E-state index in [0.717, 1.165) is 49.5 Å². The van der Waals surface area contributed by atoms with Crippen LogP contribution in [0, 0.1) is 0 Å². The molecular formula is C21H26N4O4. The van der Waals surface area contributed by atoms with Crippen LogP contribution in [-0.2, 0) is 9.59 Å². The van der Waals surface area contributed by atoms with E-state index in [0.29, 0.717) is 17.0 Å². The first-order valence-electron chi connectivity index (χ1n) is 10.2. The Labute approximate surface area is 169 Å². The molecule has 0 saturated carbocycles. The lowest BCUT2D eigenvalue weighted by atomic mass is 9.88. The normalized spacial score (nSPS) is 23.5. The van der Waals surface area contributed by atoms with Crippen LogP contribution in [0.2, 0.25) is 0 Å². The van der Waals surface area contributed by atoms with E-state index in [4.69, 9.17) is 0 Å². The molecule has 8 nitrogen and oxygen atoms in total. The number of piperidine rings is 2. The Morgan fingerprint density at radius 2 is 1.76 bits per heavy atom. The van der Waals surface area contributed by atoms with Gasteiger partial charge in [-0.05, 0) is 63.0 Å². The number of nitrogens with zero attached hydrogens (tertiary/aromatic N) is 2. The summed E-state index contributed by atoms with van der Waals surface area (Å²) in [7, 11) is 1.95. The molecule has 8 heteroatoms. The van der Waals surface area contributed by atoms with Gasteiger partial charge in [-0.1, -0.05) is 6.07 Å². The number of hydrogen-bond acceptors (Lipinski definition) is 6. The van der Waals surface area contributed by atoms with E-state index >= 15 is 0 Å². The first kappa shape index (κ1) is 19.7. The van der Waals surface area contributed by atoms with Gasteiger partial charge in [-0.2, -0.15) is 0 Å². The number of fused-ring (bicyclic) bond motifs is 1. The maximum Gasteiger partial charge on any atom is 0.262 e. The van der Waals surface area contributed by atoms with E-state index in [1.54, 1.807) is 6.07 Å². The molecule has 0 aliphatic carbocycles. The lowest BCUT2D eigenvalue weighted by Gasteiger charge is -2.32. The quantitative estimate of drug-likeness (QED) is 0.701. The van der Waals surface area contributed by atoms with Gasteiger partial charge in [-0.25, -0.2) is 0 Å². The van der Waals surface area contributed by atoms with Gasteiger partial charge >= 0.3 is 0 Å². The number of likely N-dealkylation sites (tertiary alicyclic amines) is 1. The Kier molecular flexibility index (Phi) is 5.47. The summed E-state index contributed by atoms with van der Waals surface area (Å²) < 4.78 is 0. The molecule has 1 aromatic carbocycles. The first-order valence-corrected chi connectivity index (χ1v) is 10.2. The maximum absolute atomic E-state index is 13.0. The van der Waals surface area contributed by atoms with Crippen LogP contribution < -0.4 is 10.6 Å². The van der Waals surface area contributed by atoms with Crippen molar-refractivity contribution in [3.05, 3.63) is 34.9 Å². The van der Waals surface area contributed by atoms with E-state index in [-0.39, 0.29) is 18.7 Å². The molecule has 29 heavy (non-hydrogen) atoms. The molecule has 0 radical (unpaired) electrons. The third-order valence-corrected chi connectivity index (χ3v) is 6.20. The Morgan fingerprint density at radius 1 is 1.03 bits per heavy atom. The van der Waals surface area contributed by atoms with Gasteiger partial charge in [-0.3, -0.25) is 29.4 Å². The average molecular weight is 398 g/mol. The average Bonchev–Trinajstić information content (AvgIpc) is 2.97. The van der Waals surface area contributed by atoms with Crippen LogP contribution in [0.4, 0.5) is 0 Å². The number of hydrogen-bond donors (Lipinski definition) is 2. The molecule has 3 heterocycles. The number of carbonyl (C=O) groups excluding carboxylic acids is 4. The second-order valence-electron chi connectivity index (χ2n) is 7.97. The number of likely N-dealkylation sites (N-methyl/N-ethyl adjacent to an activating group) is 1. The van der Waals surface area contributed by atoms with Crippen LogP contribution in [0.5, 0.6) is 0 Å². The lowest BCUT2D eigenvalue weighted by molar-refractivity contribution is -0.136. The molecule has 2 saturated heterocycles. The van der Waals surface area contributed by atoms with Crippen LogP contribution in [-0.4, -0.2) is 72.7 Å². The summed E-state index contributed by atoms with van der Waals surface area (Å²) in [4.78, 5) is 52.8. The van der Waals surface area contributed by atoms with Crippen LogP contribution in [0.1, 0.15) is 57.9 Å². The monoisotopic (exact) mass is 398 g/mol. The van der Waals surface area contributed by atoms with Gasteiger partial charge in [0.25, 0.3) is 11.8 Å².